The van der Waals surface area contributed by atoms with Crippen LogP contribution in [0.3, 0.4) is 0 Å². The molecule has 0 aliphatic rings. The van der Waals surface area contributed by atoms with Crippen LogP contribution in [-0.4, -0.2) is 16.8 Å². The van der Waals surface area contributed by atoms with Crippen molar-refractivity contribution in [2.45, 2.75) is 12.5 Å². The lowest BCUT2D eigenvalue weighted by Gasteiger charge is -2.13. The monoisotopic (exact) mass is 305 g/mol. The Balaban J connectivity index is 1.99. The molecular weight excluding hydrogens is 290 g/mol. The normalized spacial score (nSPS) is 12.9. The van der Waals surface area contributed by atoms with E-state index in [1.807, 2.05) is 30.9 Å². The van der Waals surface area contributed by atoms with Crippen LogP contribution in [0.4, 0.5) is 0 Å². The fourth-order valence-corrected chi connectivity index (χ4v) is 3.63. The summed E-state index contributed by atoms with van der Waals surface area (Å²) in [5, 5.41) is 9.26. The Bertz CT molecular complexity index is 732. The minimum atomic E-state index is 0.191. The van der Waals surface area contributed by atoms with E-state index in [1.54, 1.807) is 11.3 Å². The largest absolute Gasteiger partial charge is 0.311 e. The maximum atomic E-state index is 6.01. The van der Waals surface area contributed by atoms with Crippen molar-refractivity contribution in [1.29, 1.82) is 0 Å². The number of hydrogen-bond donors (Lipinski definition) is 1. The van der Waals surface area contributed by atoms with Crippen LogP contribution >= 0.6 is 22.9 Å². The van der Waals surface area contributed by atoms with E-state index in [0.29, 0.717) is 0 Å². The van der Waals surface area contributed by atoms with E-state index in [2.05, 4.69) is 34.7 Å². The molecule has 0 radical (unpaired) electrons. The van der Waals surface area contributed by atoms with Crippen LogP contribution in [0.5, 0.6) is 0 Å². The van der Waals surface area contributed by atoms with Crippen molar-refractivity contribution in [1.82, 2.24) is 15.1 Å². The van der Waals surface area contributed by atoms with Gasteiger partial charge < -0.3 is 5.32 Å². The third-order valence-corrected chi connectivity index (χ3v) is 4.75. The first-order chi connectivity index (χ1) is 9.69. The second-order valence-corrected chi connectivity index (χ2v) is 6.58. The zero-order valence-electron chi connectivity index (χ0n) is 11.4. The summed E-state index contributed by atoms with van der Waals surface area (Å²) in [6.45, 7) is 0. The molecule has 3 rings (SSSR count). The maximum Gasteiger partial charge on any atom is 0.0931 e. The van der Waals surface area contributed by atoms with Gasteiger partial charge in [-0.1, -0.05) is 29.8 Å². The van der Waals surface area contributed by atoms with Gasteiger partial charge in [0.25, 0.3) is 0 Å². The summed E-state index contributed by atoms with van der Waals surface area (Å²) in [6.07, 6.45) is 0.898. The number of aromatic nitrogens is 2. The van der Waals surface area contributed by atoms with Gasteiger partial charge in [0.1, 0.15) is 0 Å². The van der Waals surface area contributed by atoms with Gasteiger partial charge in [0.05, 0.1) is 21.6 Å². The Morgan fingerprint density at radius 3 is 2.80 bits per heavy atom. The van der Waals surface area contributed by atoms with Crippen molar-refractivity contribution in [2.24, 2.45) is 7.05 Å². The Hall–Kier alpha value is -1.36. The molecule has 5 heteroatoms. The van der Waals surface area contributed by atoms with E-state index in [1.165, 1.54) is 10.3 Å². The van der Waals surface area contributed by atoms with Crippen molar-refractivity contribution in [3.63, 3.8) is 0 Å². The second-order valence-electron chi connectivity index (χ2n) is 4.78. The molecule has 2 heterocycles. The molecule has 20 heavy (non-hydrogen) atoms. The third-order valence-electron chi connectivity index (χ3n) is 3.50. The number of aryl methyl sites for hydroxylation is 1. The van der Waals surface area contributed by atoms with Crippen molar-refractivity contribution < 1.29 is 0 Å². The molecule has 0 aliphatic carbocycles. The van der Waals surface area contributed by atoms with Gasteiger partial charge in [-0.2, -0.15) is 5.10 Å². The molecule has 0 spiro atoms. The van der Waals surface area contributed by atoms with Crippen molar-refractivity contribution in [2.75, 3.05) is 7.05 Å². The van der Waals surface area contributed by atoms with Crippen molar-refractivity contribution in [3.05, 3.63) is 51.3 Å². The first-order valence-electron chi connectivity index (χ1n) is 6.52. The molecule has 3 aromatic rings. The molecule has 2 aromatic heterocycles. The second kappa shape index (κ2) is 5.56. The molecular formula is C15H16ClN3S. The van der Waals surface area contributed by atoms with Crippen LogP contribution in [0.15, 0.2) is 36.4 Å². The minimum absolute atomic E-state index is 0.191. The Labute approximate surface area is 127 Å². The molecule has 3 nitrogen and oxygen atoms in total. The van der Waals surface area contributed by atoms with Gasteiger partial charge in [-0.3, -0.25) is 4.68 Å². The maximum absolute atomic E-state index is 6.01. The van der Waals surface area contributed by atoms with Gasteiger partial charge in [0, 0.05) is 23.7 Å². The van der Waals surface area contributed by atoms with E-state index in [-0.39, 0.29) is 6.04 Å². The van der Waals surface area contributed by atoms with Crippen LogP contribution in [0.2, 0.25) is 4.34 Å². The summed E-state index contributed by atoms with van der Waals surface area (Å²) in [4.78, 5) is 1.27. The standard InChI is InChI=1S/C15H16ClN3S/c1-17-12(9-10-7-8-14(16)20-10)15-11-5-3-4-6-13(11)19(2)18-15/h3-8,12,17H,9H2,1-2H3. The molecule has 0 amide bonds. The molecule has 0 saturated carbocycles. The number of benzene rings is 1. The molecule has 0 saturated heterocycles. The lowest BCUT2D eigenvalue weighted by Crippen LogP contribution is -2.19. The highest BCUT2D eigenvalue weighted by molar-refractivity contribution is 7.16. The highest BCUT2D eigenvalue weighted by atomic mass is 35.5. The predicted molar refractivity (Wildman–Crippen MR) is 85.5 cm³/mol. The highest BCUT2D eigenvalue weighted by Crippen LogP contribution is 2.29. The molecule has 1 unspecified atom stereocenters. The number of hydrogen-bond acceptors (Lipinski definition) is 3. The molecule has 1 N–H and O–H groups in total. The van der Waals surface area contributed by atoms with Crippen LogP contribution in [0.25, 0.3) is 10.9 Å². The van der Waals surface area contributed by atoms with Gasteiger partial charge in [-0.25, -0.2) is 0 Å². The van der Waals surface area contributed by atoms with Gasteiger partial charge in [-0.15, -0.1) is 11.3 Å². The predicted octanol–water partition coefficient (Wildman–Crippen LogP) is 3.79. The van der Waals surface area contributed by atoms with E-state index < -0.39 is 0 Å². The van der Waals surface area contributed by atoms with Crippen molar-refractivity contribution in [3.8, 4) is 0 Å². The van der Waals surface area contributed by atoms with E-state index in [0.717, 1.165) is 22.0 Å². The number of nitrogens with zero attached hydrogens (tertiary/aromatic N) is 2. The Morgan fingerprint density at radius 2 is 2.10 bits per heavy atom. The summed E-state index contributed by atoms with van der Waals surface area (Å²) >= 11 is 7.64. The van der Waals surface area contributed by atoms with Crippen LogP contribution < -0.4 is 5.32 Å². The van der Waals surface area contributed by atoms with Gasteiger partial charge in [-0.05, 0) is 25.2 Å². The number of halogens is 1. The fourth-order valence-electron chi connectivity index (χ4n) is 2.50. The molecule has 1 aromatic carbocycles. The molecule has 0 aliphatic heterocycles. The average molecular weight is 306 g/mol. The first-order valence-corrected chi connectivity index (χ1v) is 7.71. The van der Waals surface area contributed by atoms with Gasteiger partial charge in [0.2, 0.25) is 0 Å². The zero-order valence-corrected chi connectivity index (χ0v) is 13.0. The zero-order chi connectivity index (χ0) is 14.1. The van der Waals surface area contributed by atoms with Crippen LogP contribution in [0, 0.1) is 0 Å². The van der Waals surface area contributed by atoms with E-state index in [4.69, 9.17) is 11.6 Å². The quantitative estimate of drug-likeness (QED) is 0.795. The number of nitrogens with one attached hydrogen (secondary N) is 1. The van der Waals surface area contributed by atoms with Crippen molar-refractivity contribution >= 4 is 33.8 Å². The lowest BCUT2D eigenvalue weighted by molar-refractivity contribution is 0.570. The van der Waals surface area contributed by atoms with Gasteiger partial charge in [0.15, 0.2) is 0 Å². The molecule has 104 valence electrons. The molecule has 1 atom stereocenters. The molecule has 0 bridgehead atoms. The average Bonchev–Trinajstić information content (AvgIpc) is 3.01. The molecule has 0 fully saturated rings. The van der Waals surface area contributed by atoms with Crippen LogP contribution in [0.1, 0.15) is 16.6 Å². The smallest absolute Gasteiger partial charge is 0.0931 e. The summed E-state index contributed by atoms with van der Waals surface area (Å²) in [5.74, 6) is 0. The summed E-state index contributed by atoms with van der Waals surface area (Å²) in [7, 11) is 3.96. The number of rotatable bonds is 4. The first kappa shape index (κ1) is 13.6. The van der Waals surface area contributed by atoms with E-state index in [9.17, 15) is 0 Å². The Morgan fingerprint density at radius 1 is 1.30 bits per heavy atom. The van der Waals surface area contributed by atoms with Crippen LogP contribution in [-0.2, 0) is 13.5 Å². The number of para-hydroxylation sites is 1. The SMILES string of the molecule is CNC(Cc1ccc(Cl)s1)c1nn(C)c2ccccc12. The van der Waals surface area contributed by atoms with E-state index >= 15 is 0 Å². The minimum Gasteiger partial charge on any atom is -0.311 e. The van der Waals surface area contributed by atoms with Gasteiger partial charge >= 0.3 is 0 Å². The lowest BCUT2D eigenvalue weighted by atomic mass is 10.1. The number of thiophene rings is 1. The number of fused-ring (bicyclic) bond motifs is 1. The summed E-state index contributed by atoms with van der Waals surface area (Å²) in [5.41, 5.74) is 2.25. The third kappa shape index (κ3) is 2.46. The highest BCUT2D eigenvalue weighted by Gasteiger charge is 2.18. The Kier molecular flexibility index (Phi) is 3.78. The number of likely N-dealkylation sites (N-methyl/N-ethyl adjacent to an activating group) is 1. The topological polar surface area (TPSA) is 29.9 Å². The fraction of sp³-hybridized carbons (Fsp3) is 0.267. The summed E-state index contributed by atoms with van der Waals surface area (Å²) in [6, 6.07) is 12.6. The summed E-state index contributed by atoms with van der Waals surface area (Å²) < 4.78 is 2.77.